The minimum atomic E-state index is -4.02. The lowest BCUT2D eigenvalue weighted by molar-refractivity contribution is -0.130. The van der Waals surface area contributed by atoms with Crippen LogP contribution in [0, 0.1) is 5.92 Å². The molecular weight excluding hydrogens is 580 g/mol. The molecule has 1 aromatic heterocycles. The number of aliphatic hydroxyl groups excluding tert-OH is 2. The summed E-state index contributed by atoms with van der Waals surface area (Å²) in [5.41, 5.74) is 2.37. The first-order chi connectivity index (χ1) is 19.7. The molecular formula is C29H40N4O7S2. The second kappa shape index (κ2) is 14.4. The van der Waals surface area contributed by atoms with Gasteiger partial charge in [0.05, 0.1) is 39.3 Å². The molecule has 0 aliphatic carbocycles. The Labute approximate surface area is 251 Å². The van der Waals surface area contributed by atoms with Crippen molar-refractivity contribution in [2.24, 2.45) is 5.92 Å². The van der Waals surface area contributed by atoms with Crippen LogP contribution in [0.1, 0.15) is 40.2 Å². The number of amides is 2. The van der Waals surface area contributed by atoms with Crippen LogP contribution in [0.4, 0.5) is 4.79 Å². The number of thiazole rings is 1. The molecule has 0 bridgehead atoms. The number of rotatable bonds is 13. The number of aliphatic hydroxyl groups is 2. The third kappa shape index (κ3) is 9.73. The Morgan fingerprint density at radius 1 is 1.07 bits per heavy atom. The van der Waals surface area contributed by atoms with Crippen LogP contribution in [-0.2, 0) is 26.0 Å². The van der Waals surface area contributed by atoms with Gasteiger partial charge < -0.3 is 25.6 Å². The van der Waals surface area contributed by atoms with Crippen molar-refractivity contribution in [2.45, 2.75) is 69.8 Å². The highest BCUT2D eigenvalue weighted by molar-refractivity contribution is 7.89. The molecule has 3 rings (SSSR count). The number of fused-ring (bicyclic) bond motifs is 1. The quantitative estimate of drug-likeness (QED) is 0.227. The van der Waals surface area contributed by atoms with Crippen molar-refractivity contribution < 1.29 is 33.0 Å². The van der Waals surface area contributed by atoms with Crippen LogP contribution in [0.25, 0.3) is 10.2 Å². The zero-order valence-electron chi connectivity index (χ0n) is 24.5. The topological polar surface area (TPSA) is 158 Å². The van der Waals surface area contributed by atoms with E-state index in [9.17, 15) is 28.2 Å². The lowest BCUT2D eigenvalue weighted by Gasteiger charge is -2.31. The third-order valence-electron chi connectivity index (χ3n) is 6.13. The van der Waals surface area contributed by atoms with Gasteiger partial charge in [-0.1, -0.05) is 44.2 Å². The summed E-state index contributed by atoms with van der Waals surface area (Å²) in [6.07, 6.45) is -3.59. The smallest absolute Gasteiger partial charge is 0.407 e. The van der Waals surface area contributed by atoms with Gasteiger partial charge in [0.15, 0.2) is 0 Å². The maximum Gasteiger partial charge on any atom is 0.407 e. The fourth-order valence-corrected chi connectivity index (χ4v) is 6.62. The van der Waals surface area contributed by atoms with E-state index in [1.54, 1.807) is 38.4 Å². The van der Waals surface area contributed by atoms with Crippen molar-refractivity contribution in [1.29, 1.82) is 0 Å². The summed E-state index contributed by atoms with van der Waals surface area (Å²) in [7, 11) is -4.02. The number of carbonyl (C=O) groups is 2. The van der Waals surface area contributed by atoms with Crippen LogP contribution in [0.3, 0.4) is 0 Å². The van der Waals surface area contributed by atoms with E-state index in [-0.39, 0.29) is 30.3 Å². The molecule has 230 valence electrons. The monoisotopic (exact) mass is 620 g/mol. The number of benzene rings is 2. The molecule has 0 fully saturated rings. The van der Waals surface area contributed by atoms with Crippen molar-refractivity contribution in [3.05, 3.63) is 59.6 Å². The summed E-state index contributed by atoms with van der Waals surface area (Å²) < 4.78 is 34.6. The highest BCUT2D eigenvalue weighted by atomic mass is 32.2. The zero-order chi connectivity index (χ0) is 31.1. The number of hydrogen-bond donors (Lipinski definition) is 4. The van der Waals surface area contributed by atoms with E-state index in [0.29, 0.717) is 5.52 Å². The van der Waals surface area contributed by atoms with E-state index in [4.69, 9.17) is 4.74 Å². The van der Waals surface area contributed by atoms with Crippen molar-refractivity contribution in [2.75, 3.05) is 19.6 Å². The second-order valence-electron chi connectivity index (χ2n) is 11.5. The van der Waals surface area contributed by atoms with E-state index in [1.807, 2.05) is 44.2 Å². The summed E-state index contributed by atoms with van der Waals surface area (Å²) >= 11 is 1.33. The fourth-order valence-electron chi connectivity index (χ4n) is 4.18. The molecule has 1 heterocycles. The lowest BCUT2D eigenvalue weighted by atomic mass is 10.0. The van der Waals surface area contributed by atoms with Crippen molar-refractivity contribution in [3.8, 4) is 0 Å². The van der Waals surface area contributed by atoms with Gasteiger partial charge in [0.1, 0.15) is 11.7 Å². The Balaban J connectivity index is 1.80. The van der Waals surface area contributed by atoms with Gasteiger partial charge >= 0.3 is 6.09 Å². The predicted molar refractivity (Wildman–Crippen MR) is 162 cm³/mol. The van der Waals surface area contributed by atoms with Crippen LogP contribution < -0.4 is 10.6 Å². The maximum atomic E-state index is 13.7. The third-order valence-corrected chi connectivity index (χ3v) is 8.75. The molecule has 11 nitrogen and oxygen atoms in total. The van der Waals surface area contributed by atoms with Crippen molar-refractivity contribution in [1.82, 2.24) is 19.9 Å². The molecule has 0 spiro atoms. The highest BCUT2D eigenvalue weighted by Crippen LogP contribution is 2.25. The summed E-state index contributed by atoms with van der Waals surface area (Å²) in [6, 6.07) is 12.8. The van der Waals surface area contributed by atoms with Gasteiger partial charge in [-0.15, -0.1) is 11.3 Å². The van der Waals surface area contributed by atoms with Gasteiger partial charge in [0.25, 0.3) is 5.91 Å². The van der Waals surface area contributed by atoms with Gasteiger partial charge in [-0.3, -0.25) is 4.79 Å². The molecule has 3 atom stereocenters. The first kappa shape index (κ1) is 33.4. The number of alkyl carbamates (subject to hydrolysis) is 1. The molecule has 2 aromatic carbocycles. The van der Waals surface area contributed by atoms with E-state index < -0.39 is 52.4 Å². The van der Waals surface area contributed by atoms with Gasteiger partial charge in [0, 0.05) is 13.1 Å². The number of nitrogens with zero attached hydrogens (tertiary/aromatic N) is 2. The maximum absolute atomic E-state index is 13.7. The molecule has 0 aliphatic rings. The molecule has 0 aliphatic heterocycles. The number of aromatic nitrogens is 1. The zero-order valence-corrected chi connectivity index (χ0v) is 26.1. The molecule has 3 aromatic rings. The summed E-state index contributed by atoms with van der Waals surface area (Å²) in [4.78, 5) is 29.2. The van der Waals surface area contributed by atoms with E-state index in [1.165, 1.54) is 21.7 Å². The molecule has 13 heteroatoms. The Morgan fingerprint density at radius 3 is 2.40 bits per heavy atom. The first-order valence-electron chi connectivity index (χ1n) is 13.7. The fraction of sp³-hybridized carbons (Fsp3) is 0.483. The first-order valence-corrected chi connectivity index (χ1v) is 16.0. The van der Waals surface area contributed by atoms with E-state index in [0.717, 1.165) is 10.3 Å². The minimum Gasteiger partial charge on any atom is -0.444 e. The standard InChI is InChI=1S/C29H40N4O7S2/c1-19(2)16-33(42(38,39)21-11-12-22-26(14-21)41-18-31-22)17-25(35)23(13-20-9-7-6-8-10-20)32-27(36)24(34)15-30-28(37)40-29(3,4)5/h6-12,14,18-19,23-25,34-35H,13,15-17H2,1-5H3,(H,30,37)(H,32,36)/t23-,24-,25+/m0/s1. The molecule has 0 unspecified atom stereocenters. The summed E-state index contributed by atoms with van der Waals surface area (Å²) in [6.45, 7) is 8.23. The van der Waals surface area contributed by atoms with Crippen LogP contribution in [-0.4, -0.2) is 83.4 Å². The summed E-state index contributed by atoms with van der Waals surface area (Å²) in [5.74, 6) is -0.887. The molecule has 0 saturated heterocycles. The average molecular weight is 621 g/mol. The van der Waals surface area contributed by atoms with E-state index >= 15 is 0 Å². The van der Waals surface area contributed by atoms with Crippen molar-refractivity contribution in [3.63, 3.8) is 0 Å². The van der Waals surface area contributed by atoms with Crippen LogP contribution in [0.2, 0.25) is 0 Å². The summed E-state index contributed by atoms with van der Waals surface area (Å²) in [5, 5.41) is 26.8. The van der Waals surface area contributed by atoms with Gasteiger partial charge in [-0.2, -0.15) is 4.31 Å². The molecule has 0 radical (unpaired) electrons. The normalized spacial score (nSPS) is 14.5. The van der Waals surface area contributed by atoms with E-state index in [2.05, 4.69) is 15.6 Å². The number of sulfonamides is 1. The average Bonchev–Trinajstić information content (AvgIpc) is 3.38. The van der Waals surface area contributed by atoms with Crippen molar-refractivity contribution >= 4 is 43.6 Å². The van der Waals surface area contributed by atoms with Gasteiger partial charge in [0.2, 0.25) is 10.0 Å². The largest absolute Gasteiger partial charge is 0.444 e. The molecule has 42 heavy (non-hydrogen) atoms. The minimum absolute atomic E-state index is 0.0537. The molecule has 0 saturated carbocycles. The molecule has 4 N–H and O–H groups in total. The van der Waals surface area contributed by atoms with Crippen LogP contribution in [0.5, 0.6) is 0 Å². The Hall–Kier alpha value is -3.10. The Morgan fingerprint density at radius 2 is 1.76 bits per heavy atom. The Kier molecular flexibility index (Phi) is 11.4. The number of hydrogen-bond acceptors (Lipinski definition) is 9. The number of ether oxygens (including phenoxy) is 1. The van der Waals surface area contributed by atoms with Crippen LogP contribution in [0.15, 0.2) is 58.9 Å². The highest BCUT2D eigenvalue weighted by Gasteiger charge is 2.32. The number of carbonyl (C=O) groups excluding carboxylic acids is 2. The van der Waals surface area contributed by atoms with Crippen LogP contribution >= 0.6 is 11.3 Å². The lowest BCUT2D eigenvalue weighted by Crippen LogP contribution is -2.54. The SMILES string of the molecule is CC(C)CN(C[C@@H](O)[C@H](Cc1ccccc1)NC(=O)[C@@H](O)CNC(=O)OC(C)(C)C)S(=O)(=O)c1ccc2ncsc2c1. The van der Waals surface area contributed by atoms with Gasteiger partial charge in [-0.25, -0.2) is 18.2 Å². The Bertz CT molecular complexity index is 1440. The predicted octanol–water partition coefficient (Wildman–Crippen LogP) is 2.92. The molecule has 2 amide bonds. The van der Waals surface area contributed by atoms with Gasteiger partial charge in [-0.05, 0) is 56.9 Å². The number of nitrogens with one attached hydrogen (secondary N) is 2. The second-order valence-corrected chi connectivity index (χ2v) is 14.3.